The van der Waals surface area contributed by atoms with E-state index in [9.17, 15) is 9.59 Å². The predicted octanol–water partition coefficient (Wildman–Crippen LogP) is 13.2. The zero-order chi connectivity index (χ0) is 37.5. The Morgan fingerprint density at radius 1 is 0.510 bits per heavy atom. The highest BCUT2D eigenvalue weighted by atomic mass is 32.2. The normalized spacial score (nSPS) is 12.8. The Hall–Kier alpha value is -0.630. The number of carbonyl (C=O) groups is 2. The fraction of sp³-hybridized carbons (Fsp3) is 0.955. The van der Waals surface area contributed by atoms with Crippen LogP contribution in [0.15, 0.2) is 0 Å². The summed E-state index contributed by atoms with van der Waals surface area (Å²) in [5, 5.41) is 8.97. The maximum atomic E-state index is 13.4. The van der Waals surface area contributed by atoms with Crippen LogP contribution in [0.3, 0.4) is 0 Å². The summed E-state index contributed by atoms with van der Waals surface area (Å²) < 4.78 is 11.5. The standard InChI is InChI=1S/C44H87NO5S/c1-5-8-11-13-15-16-22-25-29-33-41-50-51-43(48)44(4,42(47)49-40-32-28-14-12-9-6-2)35-30-26-23-20-18-17-19-21-24-27-31-37-45(36-10-7-3)38-34-39-46/h46H,5-41H2,1-4H3. The number of carbonyl (C=O) groups excluding carboxylic acids is 2. The Labute approximate surface area is 322 Å². The predicted molar refractivity (Wildman–Crippen MR) is 221 cm³/mol. The molecule has 6 nitrogen and oxygen atoms in total. The lowest BCUT2D eigenvalue weighted by Crippen LogP contribution is -2.37. The van der Waals surface area contributed by atoms with Crippen molar-refractivity contribution < 1.29 is 23.6 Å². The molecular weight excluding hydrogens is 655 g/mol. The molecule has 51 heavy (non-hydrogen) atoms. The van der Waals surface area contributed by atoms with Crippen molar-refractivity contribution in [2.24, 2.45) is 5.41 Å². The Bertz CT molecular complexity index is 745. The van der Waals surface area contributed by atoms with Gasteiger partial charge in [-0.05, 0) is 58.5 Å². The summed E-state index contributed by atoms with van der Waals surface area (Å²) >= 11 is 0.884. The molecule has 0 aliphatic carbocycles. The lowest BCUT2D eigenvalue weighted by atomic mass is 9.85. The molecule has 0 aliphatic heterocycles. The molecule has 0 aromatic rings. The summed E-state index contributed by atoms with van der Waals surface area (Å²) in [5.74, 6) is -0.366. The van der Waals surface area contributed by atoms with Gasteiger partial charge in [0.1, 0.15) is 5.41 Å². The molecule has 0 aromatic heterocycles. The van der Waals surface area contributed by atoms with Gasteiger partial charge in [-0.15, -0.1) is 0 Å². The van der Waals surface area contributed by atoms with Gasteiger partial charge in [-0.2, -0.15) is 0 Å². The van der Waals surface area contributed by atoms with Gasteiger partial charge in [0.2, 0.25) is 5.12 Å². The van der Waals surface area contributed by atoms with Crippen molar-refractivity contribution >= 4 is 23.1 Å². The highest BCUT2D eigenvalue weighted by Gasteiger charge is 2.42. The molecule has 0 spiro atoms. The fourth-order valence-corrected chi connectivity index (χ4v) is 7.42. The molecule has 0 radical (unpaired) electrons. The molecule has 0 rings (SSSR count). The number of ether oxygens (including phenoxy) is 1. The first-order valence-corrected chi connectivity index (χ1v) is 23.0. The first-order valence-electron chi connectivity index (χ1n) is 22.3. The van der Waals surface area contributed by atoms with E-state index in [1.807, 2.05) is 0 Å². The molecule has 0 fully saturated rings. The topological polar surface area (TPSA) is 76.1 Å². The molecule has 0 aliphatic rings. The molecule has 0 amide bonds. The lowest BCUT2D eigenvalue weighted by Gasteiger charge is -2.25. The third-order valence-corrected chi connectivity index (χ3v) is 11.3. The molecule has 0 saturated heterocycles. The van der Waals surface area contributed by atoms with Crippen molar-refractivity contribution in [2.75, 3.05) is 39.5 Å². The summed E-state index contributed by atoms with van der Waals surface area (Å²) in [6.45, 7) is 13.1. The van der Waals surface area contributed by atoms with Gasteiger partial charge in [-0.1, -0.05) is 181 Å². The highest BCUT2D eigenvalue weighted by molar-refractivity contribution is 8.09. The van der Waals surface area contributed by atoms with Crippen LogP contribution in [0.1, 0.15) is 227 Å². The minimum Gasteiger partial charge on any atom is -0.465 e. The molecule has 0 heterocycles. The van der Waals surface area contributed by atoms with Crippen molar-refractivity contribution in [3.05, 3.63) is 0 Å². The number of esters is 1. The van der Waals surface area contributed by atoms with Gasteiger partial charge in [0.05, 0.1) is 25.3 Å². The molecule has 0 saturated carbocycles. The molecule has 0 aromatic carbocycles. The van der Waals surface area contributed by atoms with Crippen LogP contribution in [-0.4, -0.2) is 60.5 Å². The molecule has 7 heteroatoms. The van der Waals surface area contributed by atoms with E-state index in [4.69, 9.17) is 14.0 Å². The number of unbranched alkanes of at least 4 members (excludes halogenated alkanes) is 25. The molecule has 1 N–H and O–H groups in total. The maximum absolute atomic E-state index is 13.4. The number of hydrogen-bond acceptors (Lipinski definition) is 7. The zero-order valence-corrected chi connectivity index (χ0v) is 35.4. The van der Waals surface area contributed by atoms with Gasteiger partial charge < -0.3 is 18.9 Å². The van der Waals surface area contributed by atoms with Crippen LogP contribution in [0.2, 0.25) is 0 Å². The molecular formula is C44H87NO5S. The Kier molecular flexibility index (Phi) is 38.6. The third kappa shape index (κ3) is 31.4. The van der Waals surface area contributed by atoms with Crippen molar-refractivity contribution in [2.45, 2.75) is 227 Å². The molecule has 304 valence electrons. The SMILES string of the molecule is CCCCCCCCCCCCOSC(=O)C(C)(CCCCCCCCCCCCCN(CCCC)CCCO)C(=O)OCCCCCCCC. The van der Waals surface area contributed by atoms with Crippen LogP contribution in [0.5, 0.6) is 0 Å². The minimum atomic E-state index is -1.14. The zero-order valence-electron chi connectivity index (χ0n) is 34.6. The summed E-state index contributed by atoms with van der Waals surface area (Å²) in [6.07, 6.45) is 36.8. The van der Waals surface area contributed by atoms with E-state index in [-0.39, 0.29) is 11.1 Å². The number of hydrogen-bond donors (Lipinski definition) is 1. The van der Waals surface area contributed by atoms with Gasteiger partial charge in [-0.25, -0.2) is 0 Å². The van der Waals surface area contributed by atoms with Gasteiger partial charge >= 0.3 is 5.97 Å². The van der Waals surface area contributed by atoms with E-state index in [1.165, 1.54) is 154 Å². The van der Waals surface area contributed by atoms with Gasteiger partial charge in [0.15, 0.2) is 0 Å². The minimum absolute atomic E-state index is 0.193. The van der Waals surface area contributed by atoms with E-state index < -0.39 is 5.41 Å². The summed E-state index contributed by atoms with van der Waals surface area (Å²) in [6, 6.07) is 0. The van der Waals surface area contributed by atoms with Crippen LogP contribution in [0, 0.1) is 5.41 Å². The van der Waals surface area contributed by atoms with Crippen molar-refractivity contribution in [1.29, 1.82) is 0 Å². The smallest absolute Gasteiger partial charge is 0.320 e. The van der Waals surface area contributed by atoms with Gasteiger partial charge in [-0.3, -0.25) is 9.59 Å². The molecule has 1 atom stereocenters. The third-order valence-electron chi connectivity index (χ3n) is 10.5. The largest absolute Gasteiger partial charge is 0.465 e. The summed E-state index contributed by atoms with van der Waals surface area (Å²) in [4.78, 5) is 29.2. The second-order valence-corrected chi connectivity index (χ2v) is 16.3. The average Bonchev–Trinajstić information content (AvgIpc) is 3.13. The van der Waals surface area contributed by atoms with Crippen LogP contribution in [-0.2, 0) is 18.5 Å². The van der Waals surface area contributed by atoms with Gasteiger partial charge in [0, 0.05) is 13.2 Å². The summed E-state index contributed by atoms with van der Waals surface area (Å²) in [5.41, 5.74) is -1.14. The first-order chi connectivity index (χ1) is 25.0. The van der Waals surface area contributed by atoms with Crippen LogP contribution in [0.25, 0.3) is 0 Å². The quantitative estimate of drug-likeness (QED) is 0.0289. The maximum Gasteiger partial charge on any atom is 0.320 e. The van der Waals surface area contributed by atoms with Crippen LogP contribution < -0.4 is 0 Å². The molecule has 1 unspecified atom stereocenters. The van der Waals surface area contributed by atoms with Crippen LogP contribution >= 0.6 is 12.0 Å². The van der Waals surface area contributed by atoms with E-state index in [1.54, 1.807) is 6.92 Å². The fourth-order valence-electron chi connectivity index (χ4n) is 6.75. The number of nitrogens with zero attached hydrogens (tertiary/aromatic N) is 1. The summed E-state index contributed by atoms with van der Waals surface area (Å²) in [7, 11) is 0. The Morgan fingerprint density at radius 3 is 1.39 bits per heavy atom. The lowest BCUT2D eigenvalue weighted by molar-refractivity contribution is -0.158. The second kappa shape index (κ2) is 39.1. The number of aliphatic hydroxyl groups is 1. The van der Waals surface area contributed by atoms with E-state index in [2.05, 4.69) is 25.7 Å². The Morgan fingerprint density at radius 2 is 0.902 bits per heavy atom. The van der Waals surface area contributed by atoms with Crippen molar-refractivity contribution in [3.8, 4) is 0 Å². The monoisotopic (exact) mass is 742 g/mol. The average molecular weight is 742 g/mol. The number of aliphatic hydroxyl groups excluding tert-OH is 1. The van der Waals surface area contributed by atoms with Crippen LogP contribution in [0.4, 0.5) is 0 Å². The van der Waals surface area contributed by atoms with Crippen molar-refractivity contribution in [3.63, 3.8) is 0 Å². The van der Waals surface area contributed by atoms with Gasteiger partial charge in [0.25, 0.3) is 0 Å². The highest BCUT2D eigenvalue weighted by Crippen LogP contribution is 2.33. The Balaban J connectivity index is 4.33. The van der Waals surface area contributed by atoms with Crippen molar-refractivity contribution in [1.82, 2.24) is 4.90 Å². The first kappa shape index (κ1) is 50.4. The van der Waals surface area contributed by atoms with E-state index in [0.29, 0.717) is 26.2 Å². The molecule has 0 bridgehead atoms. The second-order valence-electron chi connectivity index (χ2n) is 15.5. The van der Waals surface area contributed by atoms with E-state index in [0.717, 1.165) is 70.0 Å². The number of rotatable bonds is 41. The van der Waals surface area contributed by atoms with E-state index >= 15 is 0 Å².